The van der Waals surface area contributed by atoms with Crippen LogP contribution in [0.4, 0.5) is 11.6 Å². The molecule has 1 rings (SSSR count). The highest BCUT2D eigenvalue weighted by molar-refractivity contribution is 5.80. The average Bonchev–Trinajstić information content (AvgIpc) is 2.41. The Morgan fingerprint density at radius 1 is 1.47 bits per heavy atom. The fraction of sp³-hybridized carbons (Fsp3) is 0.583. The van der Waals surface area contributed by atoms with E-state index in [-0.39, 0.29) is 12.5 Å². The molecule has 106 valence electrons. The molecule has 0 fully saturated rings. The molecular formula is C12H21N5O2. The quantitative estimate of drug-likeness (QED) is 0.731. The zero-order valence-electron chi connectivity index (χ0n) is 11.6. The maximum atomic E-state index is 11.4. The van der Waals surface area contributed by atoms with Crippen molar-refractivity contribution in [1.29, 1.82) is 0 Å². The van der Waals surface area contributed by atoms with Crippen molar-refractivity contribution < 1.29 is 9.53 Å². The van der Waals surface area contributed by atoms with Crippen LogP contribution in [-0.2, 0) is 16.1 Å². The molecule has 1 aromatic heterocycles. The van der Waals surface area contributed by atoms with E-state index in [0.29, 0.717) is 37.2 Å². The lowest BCUT2D eigenvalue weighted by atomic mass is 10.4. The number of likely N-dealkylation sites (N-methyl/N-ethyl adjacent to an activating group) is 2. The topological polar surface area (TPSA) is 93.4 Å². The van der Waals surface area contributed by atoms with Crippen LogP contribution in [0.1, 0.15) is 19.7 Å². The lowest BCUT2D eigenvalue weighted by Crippen LogP contribution is -2.36. The Morgan fingerprint density at radius 3 is 2.79 bits per heavy atom. The molecule has 0 aliphatic rings. The number of amides is 1. The smallest absolute Gasteiger partial charge is 0.239 e. The summed E-state index contributed by atoms with van der Waals surface area (Å²) in [7, 11) is 1.60. The van der Waals surface area contributed by atoms with E-state index in [9.17, 15) is 4.79 Å². The average molecular weight is 267 g/mol. The summed E-state index contributed by atoms with van der Waals surface area (Å²) in [5, 5.41) is 2.58. The highest BCUT2D eigenvalue weighted by Crippen LogP contribution is 2.14. The SMILES string of the molecule is CCOCc1nc(N)cc(N(CC)CC(=O)NC)n1. The van der Waals surface area contributed by atoms with Crippen molar-refractivity contribution >= 4 is 17.5 Å². The van der Waals surface area contributed by atoms with Gasteiger partial charge in [-0.05, 0) is 13.8 Å². The molecule has 7 nitrogen and oxygen atoms in total. The molecular weight excluding hydrogens is 246 g/mol. The Bertz CT molecular complexity index is 425. The Kier molecular flexibility index (Phi) is 6.01. The van der Waals surface area contributed by atoms with Gasteiger partial charge in [0.1, 0.15) is 18.2 Å². The first-order valence-electron chi connectivity index (χ1n) is 6.27. The molecule has 0 unspecified atom stereocenters. The highest BCUT2D eigenvalue weighted by atomic mass is 16.5. The van der Waals surface area contributed by atoms with Gasteiger partial charge in [0.05, 0.1) is 6.54 Å². The van der Waals surface area contributed by atoms with Crippen molar-refractivity contribution in [3.63, 3.8) is 0 Å². The van der Waals surface area contributed by atoms with Gasteiger partial charge in [0.25, 0.3) is 0 Å². The fourth-order valence-corrected chi connectivity index (χ4v) is 1.53. The maximum absolute atomic E-state index is 11.4. The van der Waals surface area contributed by atoms with Gasteiger partial charge in [0.15, 0.2) is 5.82 Å². The van der Waals surface area contributed by atoms with Crippen molar-refractivity contribution in [2.45, 2.75) is 20.5 Å². The van der Waals surface area contributed by atoms with Crippen LogP contribution in [0.15, 0.2) is 6.07 Å². The van der Waals surface area contributed by atoms with Crippen LogP contribution in [0.2, 0.25) is 0 Å². The number of nitrogen functional groups attached to an aromatic ring is 1. The zero-order chi connectivity index (χ0) is 14.3. The summed E-state index contributed by atoms with van der Waals surface area (Å²) in [5.74, 6) is 1.45. The molecule has 19 heavy (non-hydrogen) atoms. The summed E-state index contributed by atoms with van der Waals surface area (Å²) < 4.78 is 5.27. The summed E-state index contributed by atoms with van der Waals surface area (Å²) in [6.07, 6.45) is 0. The number of rotatable bonds is 7. The van der Waals surface area contributed by atoms with Crippen LogP contribution in [0.5, 0.6) is 0 Å². The Balaban J connectivity index is 2.89. The molecule has 0 spiro atoms. The second-order valence-corrected chi connectivity index (χ2v) is 3.89. The third-order valence-corrected chi connectivity index (χ3v) is 2.53. The first-order valence-corrected chi connectivity index (χ1v) is 6.27. The third-order valence-electron chi connectivity index (χ3n) is 2.53. The van der Waals surface area contributed by atoms with Gasteiger partial charge in [-0.15, -0.1) is 0 Å². The van der Waals surface area contributed by atoms with Crippen molar-refractivity contribution in [1.82, 2.24) is 15.3 Å². The molecule has 3 N–H and O–H groups in total. The van der Waals surface area contributed by atoms with Gasteiger partial charge in [-0.25, -0.2) is 9.97 Å². The monoisotopic (exact) mass is 267 g/mol. The van der Waals surface area contributed by atoms with Crippen LogP contribution in [-0.4, -0.2) is 42.6 Å². The van der Waals surface area contributed by atoms with E-state index >= 15 is 0 Å². The number of hydrogen-bond donors (Lipinski definition) is 2. The molecule has 1 aromatic rings. The molecule has 0 bridgehead atoms. The number of anilines is 2. The van der Waals surface area contributed by atoms with Crippen LogP contribution in [0.3, 0.4) is 0 Å². The van der Waals surface area contributed by atoms with Crippen LogP contribution >= 0.6 is 0 Å². The van der Waals surface area contributed by atoms with E-state index < -0.39 is 0 Å². The number of ether oxygens (including phenoxy) is 1. The Labute approximate surface area is 113 Å². The standard InChI is InChI=1S/C12H21N5O2/c1-4-17(7-12(18)14-3)11-6-9(13)15-10(16-11)8-19-5-2/h6H,4-5,7-8H2,1-3H3,(H,14,18)(H2,13,15,16). The van der Waals surface area contributed by atoms with E-state index in [2.05, 4.69) is 15.3 Å². The number of hydrogen-bond acceptors (Lipinski definition) is 6. The molecule has 1 amide bonds. The lowest BCUT2D eigenvalue weighted by molar-refractivity contribution is -0.119. The summed E-state index contributed by atoms with van der Waals surface area (Å²) in [6.45, 7) is 5.63. The minimum Gasteiger partial charge on any atom is -0.384 e. The summed E-state index contributed by atoms with van der Waals surface area (Å²) >= 11 is 0. The van der Waals surface area contributed by atoms with E-state index in [4.69, 9.17) is 10.5 Å². The Hall–Kier alpha value is -1.89. The summed E-state index contributed by atoms with van der Waals surface area (Å²) in [6, 6.07) is 1.65. The first kappa shape index (κ1) is 15.2. The van der Waals surface area contributed by atoms with E-state index in [1.54, 1.807) is 13.1 Å². The molecule has 0 aliphatic heterocycles. The molecule has 0 aromatic carbocycles. The molecule has 0 aliphatic carbocycles. The summed E-state index contributed by atoms with van der Waals surface area (Å²) in [4.78, 5) is 21.7. The number of carbonyl (C=O) groups excluding carboxylic acids is 1. The van der Waals surface area contributed by atoms with Crippen LogP contribution < -0.4 is 16.0 Å². The zero-order valence-corrected chi connectivity index (χ0v) is 11.6. The van der Waals surface area contributed by atoms with Gasteiger partial charge in [-0.2, -0.15) is 0 Å². The molecule has 0 atom stereocenters. The maximum Gasteiger partial charge on any atom is 0.239 e. The van der Waals surface area contributed by atoms with Gasteiger partial charge in [-0.1, -0.05) is 0 Å². The minimum absolute atomic E-state index is 0.0783. The highest BCUT2D eigenvalue weighted by Gasteiger charge is 2.12. The van der Waals surface area contributed by atoms with Crippen LogP contribution in [0, 0.1) is 0 Å². The predicted molar refractivity (Wildman–Crippen MR) is 73.7 cm³/mol. The van der Waals surface area contributed by atoms with E-state index in [1.165, 1.54) is 0 Å². The van der Waals surface area contributed by atoms with Crippen LogP contribution in [0.25, 0.3) is 0 Å². The Morgan fingerprint density at radius 2 is 2.21 bits per heavy atom. The first-order chi connectivity index (χ1) is 9.10. The van der Waals surface area contributed by atoms with Gasteiger partial charge in [-0.3, -0.25) is 4.79 Å². The molecule has 7 heteroatoms. The summed E-state index contributed by atoms with van der Waals surface area (Å²) in [5.41, 5.74) is 5.75. The molecule has 0 radical (unpaired) electrons. The fourth-order valence-electron chi connectivity index (χ4n) is 1.53. The molecule has 0 saturated carbocycles. The van der Waals surface area contributed by atoms with Crippen molar-refractivity contribution in [2.24, 2.45) is 0 Å². The molecule has 1 heterocycles. The van der Waals surface area contributed by atoms with Gasteiger partial charge >= 0.3 is 0 Å². The second-order valence-electron chi connectivity index (χ2n) is 3.89. The van der Waals surface area contributed by atoms with Gasteiger partial charge < -0.3 is 20.7 Å². The van der Waals surface area contributed by atoms with E-state index in [1.807, 2.05) is 18.7 Å². The van der Waals surface area contributed by atoms with Gasteiger partial charge in [0.2, 0.25) is 5.91 Å². The largest absolute Gasteiger partial charge is 0.384 e. The normalized spacial score (nSPS) is 10.3. The van der Waals surface area contributed by atoms with Gasteiger partial charge in [0, 0.05) is 26.3 Å². The number of nitrogens with one attached hydrogen (secondary N) is 1. The molecule has 0 saturated heterocycles. The van der Waals surface area contributed by atoms with Crippen molar-refractivity contribution in [3.05, 3.63) is 11.9 Å². The third kappa shape index (κ3) is 4.70. The van der Waals surface area contributed by atoms with Crippen molar-refractivity contribution in [3.8, 4) is 0 Å². The predicted octanol–water partition coefficient (Wildman–Crippen LogP) is 0.168. The second kappa shape index (κ2) is 7.52. The number of nitrogens with zero attached hydrogens (tertiary/aromatic N) is 3. The number of nitrogens with two attached hydrogens (primary N) is 1. The van der Waals surface area contributed by atoms with E-state index in [0.717, 1.165) is 0 Å². The number of carbonyl (C=O) groups is 1. The lowest BCUT2D eigenvalue weighted by Gasteiger charge is -2.21. The minimum atomic E-state index is -0.0783. The number of aromatic nitrogens is 2. The van der Waals surface area contributed by atoms with Crippen molar-refractivity contribution in [2.75, 3.05) is 37.4 Å².